The van der Waals surface area contributed by atoms with Crippen LogP contribution in [0, 0.1) is 0 Å². The van der Waals surface area contributed by atoms with E-state index in [-0.39, 0.29) is 79.3 Å². The van der Waals surface area contributed by atoms with E-state index >= 15 is 0 Å². The van der Waals surface area contributed by atoms with Crippen LogP contribution in [0.2, 0.25) is 0 Å². The summed E-state index contributed by atoms with van der Waals surface area (Å²) in [6.45, 7) is 6.86. The monoisotopic (exact) mass is 1690 g/mol. The Labute approximate surface area is 704 Å². The maximum atomic E-state index is 10.3. The smallest absolute Gasteiger partial charge is 0.303 e. The molecular weight excluding hydrogens is 1500 g/mol. The topological polar surface area (TPSA) is 551 Å². The normalized spacial score (nSPS) is 10.4. The first-order valence-electron chi connectivity index (χ1n) is 45.2. The quantitative estimate of drug-likeness (QED) is 0.0251. The van der Waals surface area contributed by atoms with Crippen molar-refractivity contribution in [2.75, 3.05) is 79.3 Å². The first-order chi connectivity index (χ1) is 55.7. The van der Waals surface area contributed by atoms with Crippen molar-refractivity contribution >= 4 is 29.8 Å². The standard InChI is InChI=1S/5C14H28O2.6C3H8O3/c5*1-2-3-4-5-6-7-8-9-10-11-12-13-14(15)16;6*4-1-3(6)2-5/h5*2-13H2,1H3,(H,15,16);6*3-6H,1-2H2. The molecule has 0 aromatic carbocycles. The van der Waals surface area contributed by atoms with Gasteiger partial charge in [0.15, 0.2) is 0 Å². The average molecular weight is 1690 g/mol. The van der Waals surface area contributed by atoms with Crippen molar-refractivity contribution in [1.29, 1.82) is 0 Å². The van der Waals surface area contributed by atoms with Crippen molar-refractivity contribution in [3.8, 4) is 0 Å². The van der Waals surface area contributed by atoms with Crippen molar-refractivity contribution < 1.29 is 141 Å². The van der Waals surface area contributed by atoms with Crippen LogP contribution in [-0.2, 0) is 24.0 Å². The number of unbranched alkanes of at least 4 members (excludes halogenated alkanes) is 50. The first kappa shape index (κ1) is 136. The summed E-state index contributed by atoms with van der Waals surface area (Å²) in [4.78, 5) is 51.3. The van der Waals surface area contributed by atoms with Crippen molar-refractivity contribution in [2.45, 2.75) is 456 Å². The second-order valence-electron chi connectivity index (χ2n) is 29.5. The Morgan fingerprint density at radius 2 is 0.216 bits per heavy atom. The second-order valence-corrected chi connectivity index (χ2v) is 29.5. The van der Waals surface area contributed by atoms with Crippen LogP contribution in [-0.4, -0.2) is 263 Å². The molecule has 0 spiro atoms. The van der Waals surface area contributed by atoms with Crippen LogP contribution in [0.25, 0.3) is 0 Å². The summed E-state index contributed by atoms with van der Waals surface area (Å²) in [5.74, 6) is -3.28. The number of carboxylic acids is 5. The minimum atomic E-state index is -0.954. The number of rotatable bonds is 72. The highest BCUT2D eigenvalue weighted by Gasteiger charge is 2.04. The van der Waals surface area contributed by atoms with Gasteiger partial charge in [-0.1, -0.05) is 356 Å². The van der Waals surface area contributed by atoms with Gasteiger partial charge < -0.3 is 117 Å². The SMILES string of the molecule is CCCCCCCCCCCCCC(=O)O.CCCCCCCCCCCCCC(=O)O.CCCCCCCCCCCCCC(=O)O.CCCCCCCCCCCCCC(=O)O.CCCCCCCCCCCCCC(=O)O.OCC(O)CO.OCC(O)CO.OCC(O)CO.OCC(O)CO.OCC(O)CO.OCC(O)CO. The number of carboxylic acid groups (broad SMARTS) is 5. The lowest BCUT2D eigenvalue weighted by atomic mass is 10.1. The number of aliphatic hydroxyl groups is 18. The van der Waals surface area contributed by atoms with Crippen LogP contribution in [0.4, 0.5) is 0 Å². The highest BCUT2D eigenvalue weighted by molar-refractivity contribution is 5.67. The molecule has 0 atom stereocenters. The van der Waals surface area contributed by atoms with Gasteiger partial charge in [-0.05, 0) is 32.1 Å². The maximum Gasteiger partial charge on any atom is 0.303 e. The van der Waals surface area contributed by atoms with E-state index in [4.69, 9.17) is 117 Å². The summed E-state index contributed by atoms with van der Waals surface area (Å²) in [6.07, 6.45) is 66.1. The predicted molar refractivity (Wildman–Crippen MR) is 465 cm³/mol. The molecule has 0 aliphatic rings. The summed E-state index contributed by atoms with van der Waals surface area (Å²) in [7, 11) is 0. The van der Waals surface area contributed by atoms with Crippen LogP contribution in [0.15, 0.2) is 0 Å². The van der Waals surface area contributed by atoms with Gasteiger partial charge in [0, 0.05) is 32.1 Å². The fraction of sp³-hybridized carbons (Fsp3) is 0.943. The summed E-state index contributed by atoms with van der Waals surface area (Å²) >= 11 is 0. The molecule has 116 heavy (non-hydrogen) atoms. The van der Waals surface area contributed by atoms with Crippen LogP contribution in [0.5, 0.6) is 0 Å². The van der Waals surface area contributed by atoms with Crippen LogP contribution < -0.4 is 0 Å². The van der Waals surface area contributed by atoms with Gasteiger partial charge in [0.1, 0.15) is 36.6 Å². The molecule has 0 bridgehead atoms. The van der Waals surface area contributed by atoms with Gasteiger partial charge in [-0.2, -0.15) is 0 Å². The Kier molecular flexibility index (Phi) is 155. The van der Waals surface area contributed by atoms with Gasteiger partial charge >= 0.3 is 29.8 Å². The zero-order valence-corrected chi connectivity index (χ0v) is 74.2. The van der Waals surface area contributed by atoms with E-state index in [1.54, 1.807) is 0 Å². The lowest BCUT2D eigenvalue weighted by Crippen LogP contribution is -2.15. The van der Waals surface area contributed by atoms with E-state index in [1.807, 2.05) is 0 Å². The first-order valence-corrected chi connectivity index (χ1v) is 45.2. The fourth-order valence-corrected chi connectivity index (χ4v) is 10.0. The zero-order valence-electron chi connectivity index (χ0n) is 74.2. The summed E-state index contributed by atoms with van der Waals surface area (Å²) in [6, 6.07) is 0. The average Bonchev–Trinajstić information content (AvgIpc) is 1.76. The molecule has 0 aliphatic heterocycles. The van der Waals surface area contributed by atoms with Gasteiger partial charge in [-0.3, -0.25) is 24.0 Å². The molecule has 28 nitrogen and oxygen atoms in total. The molecule has 0 aliphatic carbocycles. The highest BCUT2D eigenvalue weighted by atomic mass is 16.4. The number of aliphatic hydroxyl groups excluding tert-OH is 18. The molecule has 23 N–H and O–H groups in total. The predicted octanol–water partition coefficient (Wildman–Crippen LogP) is 13.9. The minimum Gasteiger partial charge on any atom is -0.481 e. The molecule has 28 heteroatoms. The van der Waals surface area contributed by atoms with Crippen LogP contribution in [0.1, 0.15) is 420 Å². The Bertz CT molecular complexity index is 1420. The molecular formula is C88H188O28. The van der Waals surface area contributed by atoms with E-state index in [0.717, 1.165) is 64.2 Å². The van der Waals surface area contributed by atoms with Crippen LogP contribution in [0.3, 0.4) is 0 Å². The van der Waals surface area contributed by atoms with Crippen molar-refractivity contribution in [2.24, 2.45) is 0 Å². The van der Waals surface area contributed by atoms with E-state index < -0.39 is 66.5 Å². The molecule has 0 aromatic rings. The van der Waals surface area contributed by atoms with Gasteiger partial charge in [-0.15, -0.1) is 0 Å². The number of carbonyl (C=O) groups is 5. The van der Waals surface area contributed by atoms with Gasteiger partial charge in [-0.25, -0.2) is 0 Å². The largest absolute Gasteiger partial charge is 0.481 e. The van der Waals surface area contributed by atoms with Crippen molar-refractivity contribution in [3.63, 3.8) is 0 Å². The summed E-state index contributed by atoms with van der Waals surface area (Å²) < 4.78 is 0. The highest BCUT2D eigenvalue weighted by Crippen LogP contribution is 2.17. The Hall–Kier alpha value is -3.37. The molecule has 0 amide bonds. The van der Waals surface area contributed by atoms with E-state index in [0.29, 0.717) is 32.1 Å². The second kappa shape index (κ2) is 132. The van der Waals surface area contributed by atoms with Crippen molar-refractivity contribution in [3.05, 3.63) is 0 Å². The third-order valence-electron chi connectivity index (χ3n) is 17.5. The van der Waals surface area contributed by atoms with Gasteiger partial charge in [0.2, 0.25) is 0 Å². The van der Waals surface area contributed by atoms with Crippen molar-refractivity contribution in [1.82, 2.24) is 0 Å². The van der Waals surface area contributed by atoms with E-state index in [2.05, 4.69) is 34.6 Å². The molecule has 0 aromatic heterocycles. The number of hydrogen-bond acceptors (Lipinski definition) is 23. The Morgan fingerprint density at radius 1 is 0.147 bits per heavy atom. The minimum absolute atomic E-state index is 0.344. The molecule has 708 valence electrons. The molecule has 0 saturated carbocycles. The van der Waals surface area contributed by atoms with E-state index in [9.17, 15) is 24.0 Å². The number of hydrogen-bond donors (Lipinski definition) is 23. The zero-order chi connectivity index (χ0) is 90.3. The fourth-order valence-electron chi connectivity index (χ4n) is 10.0. The van der Waals surface area contributed by atoms with Gasteiger partial charge in [0.05, 0.1) is 79.3 Å². The molecule has 0 radical (unpaired) electrons. The lowest BCUT2D eigenvalue weighted by Gasteiger charge is -2.01. The molecule has 0 rings (SSSR count). The summed E-state index contributed by atoms with van der Waals surface area (Å²) in [5, 5.41) is 186. The van der Waals surface area contributed by atoms with E-state index in [1.165, 1.54) is 289 Å². The molecule has 0 unspecified atom stereocenters. The summed E-state index contributed by atoms with van der Waals surface area (Å²) in [5.41, 5.74) is 0. The third kappa shape index (κ3) is 181. The molecule has 0 saturated heterocycles. The third-order valence-corrected chi connectivity index (χ3v) is 17.5. The Balaban J connectivity index is -0.000000119. The number of aliphatic carboxylic acids is 5. The lowest BCUT2D eigenvalue weighted by molar-refractivity contribution is -0.138. The maximum absolute atomic E-state index is 10.3. The van der Waals surface area contributed by atoms with Gasteiger partial charge in [0.25, 0.3) is 0 Å². The molecule has 0 fully saturated rings. The molecule has 0 heterocycles. The van der Waals surface area contributed by atoms with Crippen LogP contribution >= 0.6 is 0 Å². The Morgan fingerprint density at radius 3 is 0.267 bits per heavy atom.